The summed E-state index contributed by atoms with van der Waals surface area (Å²) in [4.78, 5) is 11.9. The summed E-state index contributed by atoms with van der Waals surface area (Å²) in [5, 5.41) is 0. The number of rotatable bonds is 6. The fourth-order valence-electron chi connectivity index (χ4n) is 3.32. The van der Waals surface area contributed by atoms with Crippen LogP contribution in [0.5, 0.6) is 5.75 Å². The summed E-state index contributed by atoms with van der Waals surface area (Å²) < 4.78 is 5.53. The smallest absolute Gasteiger partial charge is 0.314 e. The molecule has 0 bridgehead atoms. The first-order valence-corrected chi connectivity index (χ1v) is 9.11. The average molecular weight is 322 g/mol. The Morgan fingerprint density at radius 3 is 2.21 bits per heavy atom. The van der Waals surface area contributed by atoms with Gasteiger partial charge in [0.15, 0.2) is 0 Å². The molecule has 1 heterocycles. The first-order valence-electron chi connectivity index (χ1n) is 9.11. The lowest BCUT2D eigenvalue weighted by atomic mass is 9.92. The molecule has 1 aliphatic rings. The van der Waals surface area contributed by atoms with Gasteiger partial charge in [-0.05, 0) is 60.4 Å². The van der Waals surface area contributed by atoms with Gasteiger partial charge < -0.3 is 4.74 Å². The molecule has 0 fully saturated rings. The van der Waals surface area contributed by atoms with Gasteiger partial charge in [-0.15, -0.1) is 0 Å². The van der Waals surface area contributed by atoms with E-state index in [4.69, 9.17) is 4.74 Å². The Hall–Kier alpha value is -2.09. The number of benzene rings is 2. The van der Waals surface area contributed by atoms with Gasteiger partial charge in [0, 0.05) is 0 Å². The number of esters is 1. The third-order valence-corrected chi connectivity index (χ3v) is 4.90. The molecule has 0 spiro atoms. The fourth-order valence-corrected chi connectivity index (χ4v) is 3.32. The van der Waals surface area contributed by atoms with E-state index in [1.807, 2.05) is 13.0 Å². The number of carbonyl (C=O) groups is 1. The van der Waals surface area contributed by atoms with Crippen LogP contribution in [0.2, 0.25) is 0 Å². The monoisotopic (exact) mass is 322 g/mol. The highest BCUT2D eigenvalue weighted by molar-refractivity contribution is 5.78. The number of fused-ring (bicyclic) bond motifs is 1. The van der Waals surface area contributed by atoms with E-state index in [9.17, 15) is 4.79 Å². The molecule has 1 unspecified atom stereocenters. The lowest BCUT2D eigenvalue weighted by Crippen LogP contribution is -2.27. The first kappa shape index (κ1) is 16.8. The van der Waals surface area contributed by atoms with Crippen molar-refractivity contribution in [3.63, 3.8) is 0 Å². The van der Waals surface area contributed by atoms with Gasteiger partial charge >= 0.3 is 5.97 Å². The molecule has 0 N–H and O–H groups in total. The van der Waals surface area contributed by atoms with Crippen LogP contribution >= 0.6 is 0 Å². The third-order valence-electron chi connectivity index (χ3n) is 4.90. The van der Waals surface area contributed by atoms with Crippen LogP contribution in [0.15, 0.2) is 42.5 Å². The summed E-state index contributed by atoms with van der Waals surface area (Å²) in [6.45, 7) is 4.25. The van der Waals surface area contributed by atoms with E-state index in [0.29, 0.717) is 0 Å². The molecular weight excluding hydrogens is 296 g/mol. The van der Waals surface area contributed by atoms with Crippen molar-refractivity contribution >= 4 is 5.97 Å². The maximum absolute atomic E-state index is 11.9. The quantitative estimate of drug-likeness (QED) is 0.558. The number of hydrogen-bond acceptors (Lipinski definition) is 2. The number of hydrogen-bond donors (Lipinski definition) is 0. The Morgan fingerprint density at radius 2 is 1.54 bits per heavy atom. The minimum atomic E-state index is -0.0753. The summed E-state index contributed by atoms with van der Waals surface area (Å²) in [6.07, 6.45) is 5.96. The summed E-state index contributed by atoms with van der Waals surface area (Å²) >= 11 is 0. The minimum absolute atomic E-state index is 0.0185. The van der Waals surface area contributed by atoms with E-state index in [0.717, 1.165) is 43.4 Å². The summed E-state index contributed by atoms with van der Waals surface area (Å²) in [5.74, 6) is 0.708. The molecule has 0 amide bonds. The lowest BCUT2D eigenvalue weighted by Gasteiger charge is -2.22. The summed E-state index contributed by atoms with van der Waals surface area (Å²) in [6, 6.07) is 15.3. The van der Waals surface area contributed by atoms with E-state index in [-0.39, 0.29) is 11.9 Å². The Bertz CT molecular complexity index is 700. The number of aryl methyl sites for hydroxylation is 3. The maximum Gasteiger partial charge on any atom is 0.314 e. The zero-order chi connectivity index (χ0) is 16.9. The number of ether oxygens (including phenoxy) is 1. The van der Waals surface area contributed by atoms with Crippen molar-refractivity contribution < 1.29 is 9.53 Å². The van der Waals surface area contributed by atoms with E-state index < -0.39 is 0 Å². The van der Waals surface area contributed by atoms with Gasteiger partial charge in [0.1, 0.15) is 5.75 Å². The number of carbonyl (C=O) groups excluding carboxylic acids is 1. The highest BCUT2D eigenvalue weighted by Crippen LogP contribution is 2.30. The molecule has 2 aromatic carbocycles. The molecule has 0 aromatic heterocycles. The van der Waals surface area contributed by atoms with Crippen LogP contribution in [0, 0.1) is 5.92 Å². The molecule has 3 rings (SSSR count). The highest BCUT2D eigenvalue weighted by atomic mass is 16.5. The molecule has 2 aromatic rings. The van der Waals surface area contributed by atoms with Crippen LogP contribution in [-0.2, 0) is 30.5 Å². The van der Waals surface area contributed by atoms with E-state index in [1.54, 1.807) is 0 Å². The fraction of sp³-hybridized carbons (Fsp3) is 0.409. The lowest BCUT2D eigenvalue weighted by molar-refractivity contribution is -0.140. The second kappa shape index (κ2) is 7.65. The van der Waals surface area contributed by atoms with Gasteiger partial charge in [0.05, 0.1) is 5.92 Å². The maximum atomic E-state index is 11.9. The summed E-state index contributed by atoms with van der Waals surface area (Å²) in [7, 11) is 0. The summed E-state index contributed by atoms with van der Waals surface area (Å²) in [5.41, 5.74) is 5.16. The van der Waals surface area contributed by atoms with Crippen molar-refractivity contribution in [2.75, 3.05) is 0 Å². The van der Waals surface area contributed by atoms with Crippen LogP contribution in [0.4, 0.5) is 0 Å². The van der Waals surface area contributed by atoms with Crippen molar-refractivity contribution in [1.29, 1.82) is 0 Å². The van der Waals surface area contributed by atoms with Crippen LogP contribution in [0.3, 0.4) is 0 Å². The topological polar surface area (TPSA) is 26.3 Å². The standard InChI is InChI=1S/C22H26O2/c1-3-5-16-6-8-17(9-7-16)10-11-18-12-13-20-15-19(4-2)22(23)24-21(20)14-18/h6-9,12-14,19H,3-5,10-11,15H2,1-2H3. The Morgan fingerprint density at radius 1 is 0.917 bits per heavy atom. The molecule has 24 heavy (non-hydrogen) atoms. The molecule has 2 nitrogen and oxygen atoms in total. The normalized spacial score (nSPS) is 16.6. The molecular formula is C22H26O2. The SMILES string of the molecule is CCCc1ccc(CCc2ccc3c(c2)OC(=O)C(CC)C3)cc1. The van der Waals surface area contributed by atoms with Gasteiger partial charge in [0.2, 0.25) is 0 Å². The molecule has 0 saturated heterocycles. The Kier molecular flexibility index (Phi) is 5.34. The second-order valence-electron chi connectivity index (χ2n) is 6.74. The molecule has 126 valence electrons. The molecule has 0 aliphatic carbocycles. The third kappa shape index (κ3) is 3.87. The molecule has 2 heteroatoms. The van der Waals surface area contributed by atoms with Gasteiger partial charge in [-0.2, -0.15) is 0 Å². The largest absolute Gasteiger partial charge is 0.426 e. The van der Waals surface area contributed by atoms with Crippen molar-refractivity contribution in [3.8, 4) is 5.75 Å². The average Bonchev–Trinajstić information content (AvgIpc) is 2.60. The van der Waals surface area contributed by atoms with Crippen LogP contribution in [-0.4, -0.2) is 5.97 Å². The molecule has 1 aliphatic heterocycles. The zero-order valence-electron chi connectivity index (χ0n) is 14.7. The highest BCUT2D eigenvalue weighted by Gasteiger charge is 2.26. The zero-order valence-corrected chi connectivity index (χ0v) is 14.7. The van der Waals surface area contributed by atoms with E-state index in [2.05, 4.69) is 43.3 Å². The van der Waals surface area contributed by atoms with Gasteiger partial charge in [0.25, 0.3) is 0 Å². The molecule has 1 atom stereocenters. The molecule has 0 radical (unpaired) electrons. The van der Waals surface area contributed by atoms with E-state index >= 15 is 0 Å². The predicted molar refractivity (Wildman–Crippen MR) is 97.4 cm³/mol. The van der Waals surface area contributed by atoms with Crippen molar-refractivity contribution in [2.45, 2.75) is 52.4 Å². The van der Waals surface area contributed by atoms with Crippen LogP contribution < -0.4 is 4.74 Å². The molecule has 0 saturated carbocycles. The van der Waals surface area contributed by atoms with Gasteiger partial charge in [-0.1, -0.05) is 56.7 Å². The minimum Gasteiger partial charge on any atom is -0.426 e. The second-order valence-corrected chi connectivity index (χ2v) is 6.74. The van der Waals surface area contributed by atoms with Crippen molar-refractivity contribution in [2.24, 2.45) is 5.92 Å². The van der Waals surface area contributed by atoms with Crippen LogP contribution in [0.25, 0.3) is 0 Å². The van der Waals surface area contributed by atoms with E-state index in [1.165, 1.54) is 23.1 Å². The van der Waals surface area contributed by atoms with Gasteiger partial charge in [-0.25, -0.2) is 0 Å². The van der Waals surface area contributed by atoms with Crippen molar-refractivity contribution in [3.05, 3.63) is 64.7 Å². The van der Waals surface area contributed by atoms with Crippen LogP contribution in [0.1, 0.15) is 48.9 Å². The Balaban J connectivity index is 1.64. The Labute approximate surface area is 144 Å². The van der Waals surface area contributed by atoms with Gasteiger partial charge in [-0.3, -0.25) is 4.79 Å². The van der Waals surface area contributed by atoms with Crippen molar-refractivity contribution in [1.82, 2.24) is 0 Å². The first-order chi connectivity index (χ1) is 11.7. The predicted octanol–water partition coefficient (Wildman–Crippen LogP) is 4.91.